The first kappa shape index (κ1) is 34.1. The molecular formula is C33H53ClFN5. The maximum Gasteiger partial charge on any atom is 0.141 e. The van der Waals surface area contributed by atoms with Crippen molar-refractivity contribution in [2.45, 2.75) is 86.0 Å². The highest BCUT2D eigenvalue weighted by Gasteiger charge is 2.12. The molecule has 2 N–H and O–H groups in total. The van der Waals surface area contributed by atoms with Gasteiger partial charge in [0.05, 0.1) is 16.4 Å². The summed E-state index contributed by atoms with van der Waals surface area (Å²) in [7, 11) is 0. The van der Waals surface area contributed by atoms with Crippen LogP contribution in [0.2, 0.25) is 5.02 Å². The van der Waals surface area contributed by atoms with Crippen molar-refractivity contribution in [1.29, 1.82) is 0 Å². The number of rotatable bonds is 13. The van der Waals surface area contributed by atoms with Crippen molar-refractivity contribution in [2.24, 2.45) is 4.99 Å². The van der Waals surface area contributed by atoms with Gasteiger partial charge in [-0.2, -0.15) is 0 Å². The van der Waals surface area contributed by atoms with E-state index in [1.165, 1.54) is 76.2 Å². The van der Waals surface area contributed by atoms with Gasteiger partial charge in [0, 0.05) is 18.8 Å². The van der Waals surface area contributed by atoms with E-state index in [1.807, 2.05) is 6.92 Å². The van der Waals surface area contributed by atoms with E-state index in [0.29, 0.717) is 5.69 Å². The van der Waals surface area contributed by atoms with Crippen LogP contribution in [0.3, 0.4) is 0 Å². The summed E-state index contributed by atoms with van der Waals surface area (Å²) in [5.74, 6) is 0.292. The molecule has 1 aliphatic heterocycles. The molecule has 40 heavy (non-hydrogen) atoms. The molecule has 7 heteroatoms. The van der Waals surface area contributed by atoms with Gasteiger partial charge in [0.2, 0.25) is 0 Å². The Balaban J connectivity index is 0.000000598. The molecule has 2 aliphatic rings. The number of piperidine rings is 1. The lowest BCUT2D eigenvalue weighted by Gasteiger charge is -2.24. The predicted molar refractivity (Wildman–Crippen MR) is 173 cm³/mol. The number of nitrogens with zero attached hydrogens (tertiary/aromatic N) is 3. The fourth-order valence-corrected chi connectivity index (χ4v) is 5.04. The highest BCUT2D eigenvalue weighted by molar-refractivity contribution is 6.31. The quantitative estimate of drug-likeness (QED) is 0.184. The molecule has 0 unspecified atom stereocenters. The van der Waals surface area contributed by atoms with Gasteiger partial charge in [0.25, 0.3) is 0 Å². The van der Waals surface area contributed by atoms with Gasteiger partial charge in [-0.25, -0.2) is 9.38 Å². The lowest BCUT2D eigenvalue weighted by molar-refractivity contribution is 0.240. The summed E-state index contributed by atoms with van der Waals surface area (Å²) in [5, 5.41) is 6.78. The Bertz CT molecular complexity index is 987. The van der Waals surface area contributed by atoms with E-state index in [9.17, 15) is 4.39 Å². The standard InChI is InChI=1S/C26H38ClFN4.C7H15N/c1-5-8-15-32(16-9-6-2)19-21-11-10-12-25(26(17-21)29-7-3)31-20(4)30-22-13-14-24(28)23(27)18-22;1-2-8-6-4-3-5-7-8/h11-14,17-18,29H,5-10,15-16,19H2,1-4H3,(H,30,31);2-7H2,1H3. The highest BCUT2D eigenvalue weighted by atomic mass is 35.5. The van der Waals surface area contributed by atoms with Gasteiger partial charge >= 0.3 is 0 Å². The van der Waals surface area contributed by atoms with Gasteiger partial charge in [-0.3, -0.25) is 4.90 Å². The van der Waals surface area contributed by atoms with E-state index >= 15 is 0 Å². The summed E-state index contributed by atoms with van der Waals surface area (Å²) in [6, 6.07) is 4.58. The lowest BCUT2D eigenvalue weighted by Crippen LogP contribution is -2.29. The number of aliphatic imine (C=N–C) groups is 1. The van der Waals surface area contributed by atoms with Gasteiger partial charge in [-0.1, -0.05) is 63.8 Å². The average Bonchev–Trinajstić information content (AvgIpc) is 3.14. The van der Waals surface area contributed by atoms with Crippen molar-refractivity contribution >= 4 is 23.1 Å². The summed E-state index contributed by atoms with van der Waals surface area (Å²) in [6.07, 6.45) is 16.7. The van der Waals surface area contributed by atoms with Gasteiger partial charge in [-0.15, -0.1) is 0 Å². The van der Waals surface area contributed by atoms with Crippen molar-refractivity contribution < 1.29 is 4.39 Å². The highest BCUT2D eigenvalue weighted by Crippen LogP contribution is 2.22. The van der Waals surface area contributed by atoms with Crippen LogP contribution in [0.5, 0.6) is 0 Å². The molecule has 1 aromatic carbocycles. The number of benzene rings is 1. The zero-order chi connectivity index (χ0) is 29.2. The average molecular weight is 574 g/mol. The van der Waals surface area contributed by atoms with Crippen LogP contribution in [0.4, 0.5) is 10.1 Å². The SMILES string of the molecule is CCCCN(CCCC)CC1=CCC=C(N=C(C)Nc2ccc(F)c(Cl)c2)C(NCC)=C1.CCN1CCCCC1. The number of likely N-dealkylation sites (tertiary alicyclic amines) is 1. The van der Waals surface area contributed by atoms with Crippen LogP contribution in [-0.2, 0) is 0 Å². The summed E-state index contributed by atoms with van der Waals surface area (Å²) < 4.78 is 13.4. The number of likely N-dealkylation sites (N-methyl/N-ethyl adjacent to an activating group) is 1. The van der Waals surface area contributed by atoms with E-state index in [-0.39, 0.29) is 5.02 Å². The van der Waals surface area contributed by atoms with Crippen molar-refractivity contribution in [3.63, 3.8) is 0 Å². The van der Waals surface area contributed by atoms with E-state index in [2.05, 4.69) is 66.4 Å². The first-order valence-corrected chi connectivity index (χ1v) is 15.8. The zero-order valence-electron chi connectivity index (χ0n) is 25.7. The maximum absolute atomic E-state index is 13.4. The fourth-order valence-electron chi connectivity index (χ4n) is 4.86. The molecule has 0 radical (unpaired) electrons. The van der Waals surface area contributed by atoms with Gasteiger partial charge < -0.3 is 15.5 Å². The third kappa shape index (κ3) is 13.0. The molecule has 3 rings (SSSR count). The molecule has 224 valence electrons. The number of hydrogen-bond donors (Lipinski definition) is 2. The Morgan fingerprint density at radius 1 is 1.02 bits per heavy atom. The molecule has 0 atom stereocenters. The van der Waals surface area contributed by atoms with Crippen molar-refractivity contribution in [2.75, 3.05) is 51.1 Å². The minimum atomic E-state index is -0.429. The predicted octanol–water partition coefficient (Wildman–Crippen LogP) is 8.41. The Kier molecular flexibility index (Phi) is 16.9. The summed E-state index contributed by atoms with van der Waals surface area (Å²) in [4.78, 5) is 9.89. The van der Waals surface area contributed by atoms with Crippen molar-refractivity contribution in [1.82, 2.24) is 15.1 Å². The number of hydrogen-bond acceptors (Lipinski definition) is 4. The largest absolute Gasteiger partial charge is 0.384 e. The molecule has 1 aromatic rings. The van der Waals surface area contributed by atoms with Crippen LogP contribution in [0.25, 0.3) is 0 Å². The second-order valence-electron chi connectivity index (χ2n) is 10.6. The first-order chi connectivity index (χ1) is 19.4. The second kappa shape index (κ2) is 19.8. The fraction of sp³-hybridized carbons (Fsp3) is 0.606. The topological polar surface area (TPSA) is 42.9 Å². The second-order valence-corrected chi connectivity index (χ2v) is 11.0. The van der Waals surface area contributed by atoms with Crippen LogP contribution < -0.4 is 10.6 Å². The van der Waals surface area contributed by atoms with Crippen LogP contribution in [0.1, 0.15) is 86.0 Å². The van der Waals surface area contributed by atoms with Gasteiger partial charge in [0.1, 0.15) is 11.7 Å². The number of anilines is 1. The molecule has 1 aliphatic carbocycles. The van der Waals surface area contributed by atoms with Crippen LogP contribution in [-0.4, -0.2) is 61.4 Å². The molecule has 1 saturated heterocycles. The monoisotopic (exact) mass is 573 g/mol. The first-order valence-electron chi connectivity index (χ1n) is 15.5. The summed E-state index contributed by atoms with van der Waals surface area (Å²) in [6.45, 7) is 18.7. The lowest BCUT2D eigenvalue weighted by atomic mass is 10.1. The minimum Gasteiger partial charge on any atom is -0.384 e. The smallest absolute Gasteiger partial charge is 0.141 e. The third-order valence-corrected chi connectivity index (χ3v) is 7.44. The number of unbranched alkanes of at least 4 members (excludes halogenated alkanes) is 2. The van der Waals surface area contributed by atoms with Crippen LogP contribution >= 0.6 is 11.6 Å². The van der Waals surface area contributed by atoms with Gasteiger partial charge in [0.15, 0.2) is 0 Å². The van der Waals surface area contributed by atoms with E-state index in [4.69, 9.17) is 16.6 Å². The normalized spacial score (nSPS) is 16.4. The van der Waals surface area contributed by atoms with E-state index < -0.39 is 5.82 Å². The zero-order valence-corrected chi connectivity index (χ0v) is 26.4. The van der Waals surface area contributed by atoms with E-state index in [1.54, 1.807) is 12.1 Å². The summed E-state index contributed by atoms with van der Waals surface area (Å²) >= 11 is 5.90. The van der Waals surface area contributed by atoms with Crippen molar-refractivity contribution in [3.05, 3.63) is 64.2 Å². The number of nitrogens with one attached hydrogen (secondary N) is 2. The maximum atomic E-state index is 13.4. The molecule has 0 aromatic heterocycles. The number of allylic oxidation sites excluding steroid dienone is 2. The van der Waals surface area contributed by atoms with Crippen LogP contribution in [0.15, 0.2) is 58.4 Å². The third-order valence-electron chi connectivity index (χ3n) is 7.16. The molecule has 1 fully saturated rings. The molecule has 0 amide bonds. The Labute approximate surface area is 248 Å². The molecular weight excluding hydrogens is 521 g/mol. The number of halogens is 2. The van der Waals surface area contributed by atoms with Gasteiger partial charge in [-0.05, 0) is 109 Å². The van der Waals surface area contributed by atoms with Crippen molar-refractivity contribution in [3.8, 4) is 0 Å². The summed E-state index contributed by atoms with van der Waals surface area (Å²) in [5.41, 5.74) is 3.97. The molecule has 0 bridgehead atoms. The molecule has 0 saturated carbocycles. The van der Waals surface area contributed by atoms with E-state index in [0.717, 1.165) is 49.8 Å². The molecule has 0 spiro atoms. The molecule has 5 nitrogen and oxygen atoms in total. The number of amidine groups is 1. The Morgan fingerprint density at radius 2 is 1.73 bits per heavy atom. The Morgan fingerprint density at radius 3 is 2.30 bits per heavy atom. The molecule has 1 heterocycles. The minimum absolute atomic E-state index is 0.0919. The Hall–Kier alpha value is -2.15. The van der Waals surface area contributed by atoms with Crippen LogP contribution in [0, 0.1) is 5.82 Å².